The number of rotatable bonds is 14. The van der Waals surface area contributed by atoms with Crippen molar-refractivity contribution in [3.05, 3.63) is 11.1 Å². The summed E-state index contributed by atoms with van der Waals surface area (Å²) in [4.78, 5) is 24.5. The standard InChI is InChI=1S/C19H32F8O6Si3/c1-9(2)15(3,4)18(35-33-34,32-36(5,6)7)11(13(30)31)10(12(28)29)8-16(22,23)19(26,27)17(24,25)14(20)21/h9,14H,8,35H2,1-7,34H3,(H,28,29)(H,30,31)/b11-10-. The van der Waals surface area contributed by atoms with E-state index in [0.29, 0.717) is 0 Å². The minimum atomic E-state index is -6.72. The predicted molar refractivity (Wildman–Crippen MR) is 123 cm³/mol. The van der Waals surface area contributed by atoms with E-state index in [1.807, 2.05) is 0 Å². The number of hydrogen-bond donors (Lipinski definition) is 2. The highest BCUT2D eigenvalue weighted by Gasteiger charge is 2.75. The van der Waals surface area contributed by atoms with Crippen molar-refractivity contribution in [2.45, 2.75) is 83.2 Å². The Morgan fingerprint density at radius 1 is 0.972 bits per heavy atom. The van der Waals surface area contributed by atoms with E-state index in [-0.39, 0.29) is 10.5 Å². The average Bonchev–Trinajstić information content (AvgIpc) is 2.64. The molecule has 6 nitrogen and oxygen atoms in total. The molecule has 17 heteroatoms. The molecule has 0 saturated carbocycles. The van der Waals surface area contributed by atoms with E-state index in [1.54, 1.807) is 33.5 Å². The predicted octanol–water partition coefficient (Wildman–Crippen LogP) is 3.62. The Hall–Kier alpha value is -1.31. The van der Waals surface area contributed by atoms with Crippen molar-refractivity contribution in [3.8, 4) is 0 Å². The molecule has 0 aliphatic rings. The number of carboxylic acids is 2. The Morgan fingerprint density at radius 3 is 1.69 bits per heavy atom. The monoisotopic (exact) mass is 592 g/mol. The lowest BCUT2D eigenvalue weighted by Gasteiger charge is -2.52. The first-order chi connectivity index (χ1) is 15.8. The van der Waals surface area contributed by atoms with Crippen LogP contribution >= 0.6 is 0 Å². The van der Waals surface area contributed by atoms with Crippen LogP contribution in [0.15, 0.2) is 11.1 Å². The molecule has 0 rings (SSSR count). The second kappa shape index (κ2) is 11.2. The Balaban J connectivity index is 7.72. The van der Waals surface area contributed by atoms with Gasteiger partial charge in [-0.25, -0.2) is 18.4 Å². The topological polar surface area (TPSA) is 93.1 Å². The van der Waals surface area contributed by atoms with Gasteiger partial charge in [-0.1, -0.05) is 27.7 Å². The minimum absolute atomic E-state index is 0.0151. The highest BCUT2D eigenvalue weighted by atomic mass is 28.4. The molecule has 0 fully saturated rings. The third-order valence-electron chi connectivity index (χ3n) is 6.04. The van der Waals surface area contributed by atoms with E-state index in [9.17, 15) is 54.9 Å². The van der Waals surface area contributed by atoms with Crippen molar-refractivity contribution in [1.82, 2.24) is 0 Å². The van der Waals surface area contributed by atoms with Crippen LogP contribution in [0, 0.1) is 11.3 Å². The molecular weight excluding hydrogens is 560 g/mol. The maximum Gasteiger partial charge on any atom is 0.378 e. The first-order valence-corrected chi connectivity index (χ1v) is 16.1. The molecule has 0 aliphatic carbocycles. The van der Waals surface area contributed by atoms with Crippen LogP contribution in [-0.4, -0.2) is 80.1 Å². The largest absolute Gasteiger partial charge is 0.478 e. The zero-order valence-corrected chi connectivity index (χ0v) is 25.5. The smallest absolute Gasteiger partial charge is 0.378 e. The molecule has 0 saturated heterocycles. The maximum atomic E-state index is 14.6. The lowest BCUT2D eigenvalue weighted by atomic mass is 9.71. The van der Waals surface area contributed by atoms with Crippen molar-refractivity contribution in [3.63, 3.8) is 0 Å². The number of aliphatic carboxylic acids is 2. The van der Waals surface area contributed by atoms with Crippen LogP contribution in [0.2, 0.25) is 19.6 Å². The van der Waals surface area contributed by atoms with E-state index in [0.717, 1.165) is 0 Å². The number of carboxylic acid groups (broad SMARTS) is 2. The maximum absolute atomic E-state index is 14.6. The van der Waals surface area contributed by atoms with Crippen LogP contribution < -0.4 is 0 Å². The molecule has 36 heavy (non-hydrogen) atoms. The van der Waals surface area contributed by atoms with Crippen molar-refractivity contribution >= 4 is 40.5 Å². The van der Waals surface area contributed by atoms with Gasteiger partial charge in [0.1, 0.15) is 15.7 Å². The Labute approximate surface area is 210 Å². The fraction of sp³-hybridized carbons (Fsp3) is 0.789. The van der Waals surface area contributed by atoms with Crippen molar-refractivity contribution < 1.29 is 63.5 Å². The van der Waals surface area contributed by atoms with Crippen LogP contribution in [0.4, 0.5) is 35.1 Å². The molecule has 0 spiro atoms. The highest BCUT2D eigenvalue weighted by molar-refractivity contribution is 6.70. The first-order valence-electron chi connectivity index (χ1n) is 10.6. The van der Waals surface area contributed by atoms with Crippen LogP contribution in [0.5, 0.6) is 0 Å². The van der Waals surface area contributed by atoms with Gasteiger partial charge < -0.3 is 18.8 Å². The Kier molecular flexibility index (Phi) is 10.8. The molecule has 212 valence electrons. The van der Waals surface area contributed by atoms with Crippen LogP contribution in [-0.2, 0) is 18.1 Å². The molecule has 0 bridgehead atoms. The summed E-state index contributed by atoms with van der Waals surface area (Å²) in [5, 5.41) is 17.5. The summed E-state index contributed by atoms with van der Waals surface area (Å²) in [6, 6.07) is 0. The zero-order valence-electron chi connectivity index (χ0n) is 21.1. The lowest BCUT2D eigenvalue weighted by molar-refractivity contribution is -0.337. The molecule has 0 radical (unpaired) electrons. The van der Waals surface area contributed by atoms with Gasteiger partial charge in [-0.2, -0.15) is 26.3 Å². The van der Waals surface area contributed by atoms with Gasteiger partial charge in [0.2, 0.25) is 0 Å². The fourth-order valence-electron chi connectivity index (χ4n) is 3.52. The third kappa shape index (κ3) is 6.57. The van der Waals surface area contributed by atoms with Crippen molar-refractivity contribution in [2.75, 3.05) is 0 Å². The van der Waals surface area contributed by atoms with E-state index in [4.69, 9.17) is 8.54 Å². The molecule has 0 aromatic heterocycles. The summed E-state index contributed by atoms with van der Waals surface area (Å²) in [7, 11) is -5.22. The molecule has 0 aromatic rings. The normalized spacial score (nSPS) is 17.1. The molecule has 0 heterocycles. The van der Waals surface area contributed by atoms with Crippen molar-refractivity contribution in [2.24, 2.45) is 11.3 Å². The minimum Gasteiger partial charge on any atom is -0.478 e. The number of alkyl halides is 8. The molecular formula is C19H32F8O6Si3. The zero-order chi connectivity index (χ0) is 29.3. The molecule has 1 unspecified atom stereocenters. The Bertz CT molecular complexity index is 859. The van der Waals surface area contributed by atoms with Gasteiger partial charge in [0.05, 0.1) is 17.6 Å². The van der Waals surface area contributed by atoms with Gasteiger partial charge in [0.25, 0.3) is 0 Å². The Morgan fingerprint density at radius 2 is 1.42 bits per heavy atom. The quantitative estimate of drug-likeness (QED) is 0.182. The van der Waals surface area contributed by atoms with Crippen LogP contribution in [0.3, 0.4) is 0 Å². The van der Waals surface area contributed by atoms with Gasteiger partial charge >= 0.3 is 36.1 Å². The van der Waals surface area contributed by atoms with E-state index < -0.39 is 88.3 Å². The second-order valence-corrected chi connectivity index (χ2v) is 18.2. The van der Waals surface area contributed by atoms with Gasteiger partial charge in [-0.05, 0) is 31.0 Å². The number of hydrogen-bond acceptors (Lipinski definition) is 4. The molecule has 0 aromatic carbocycles. The van der Waals surface area contributed by atoms with Gasteiger partial charge in [-0.15, -0.1) is 0 Å². The van der Waals surface area contributed by atoms with E-state index in [1.165, 1.54) is 13.8 Å². The number of carbonyl (C=O) groups is 2. The molecule has 0 aliphatic heterocycles. The SMILES string of the molecule is CC(C)C(C)(C)C(O[Si](C)(C)C)([SiH2]O[SiH3])/C(C(=O)O)=C(/CC(F)(F)C(F)(F)C(F)(F)C(F)F)C(=O)O. The average molecular weight is 593 g/mol. The van der Waals surface area contributed by atoms with Crippen LogP contribution in [0.25, 0.3) is 0 Å². The number of halogens is 8. The summed E-state index contributed by atoms with van der Waals surface area (Å²) >= 11 is 0. The molecule has 2 N–H and O–H groups in total. The fourth-order valence-corrected chi connectivity index (χ4v) is 9.38. The van der Waals surface area contributed by atoms with Gasteiger partial charge in [0.15, 0.2) is 18.1 Å². The second-order valence-electron chi connectivity index (χ2n) is 10.2. The molecule has 1 atom stereocenters. The van der Waals surface area contributed by atoms with E-state index in [2.05, 4.69) is 0 Å². The van der Waals surface area contributed by atoms with Crippen LogP contribution in [0.1, 0.15) is 34.1 Å². The lowest BCUT2D eigenvalue weighted by Crippen LogP contribution is -2.62. The highest BCUT2D eigenvalue weighted by Crippen LogP contribution is 2.53. The van der Waals surface area contributed by atoms with Gasteiger partial charge in [-0.3, -0.25) is 0 Å². The summed E-state index contributed by atoms with van der Waals surface area (Å²) < 4.78 is 121. The summed E-state index contributed by atoms with van der Waals surface area (Å²) in [6.45, 7) is 10.8. The first kappa shape index (κ1) is 34.7. The third-order valence-corrected chi connectivity index (χ3v) is 10.3. The van der Waals surface area contributed by atoms with Gasteiger partial charge in [0, 0.05) is 0 Å². The summed E-state index contributed by atoms with van der Waals surface area (Å²) in [6.07, 6.45) is -7.99. The van der Waals surface area contributed by atoms with E-state index >= 15 is 0 Å². The molecule has 0 amide bonds. The summed E-state index contributed by atoms with van der Waals surface area (Å²) in [5.74, 6) is -24.4. The van der Waals surface area contributed by atoms with Crippen molar-refractivity contribution in [1.29, 1.82) is 0 Å². The summed E-state index contributed by atoms with van der Waals surface area (Å²) in [5.41, 5.74) is -4.58.